The van der Waals surface area contributed by atoms with Crippen molar-refractivity contribution in [2.75, 3.05) is 18.0 Å². The van der Waals surface area contributed by atoms with Gasteiger partial charge in [0.1, 0.15) is 6.10 Å². The molecule has 1 aromatic rings. The highest BCUT2D eigenvalue weighted by atomic mass is 16.5. The highest BCUT2D eigenvalue weighted by Crippen LogP contribution is 2.23. The molecule has 0 aromatic heterocycles. The standard InChI is InChI=1S/C14H20N2O2/c1-2-16(11-6-4-3-5-7-11)14(17)13-9-8-12(10-15)18-13/h3-7,12-13H,2,8-10,15H2,1H3. The molecule has 1 heterocycles. The molecule has 4 nitrogen and oxygen atoms in total. The van der Waals surface area contributed by atoms with E-state index in [1.54, 1.807) is 4.90 Å². The van der Waals surface area contributed by atoms with Crippen molar-refractivity contribution in [3.8, 4) is 0 Å². The van der Waals surface area contributed by atoms with E-state index in [1.807, 2.05) is 37.3 Å². The van der Waals surface area contributed by atoms with Gasteiger partial charge in [-0.3, -0.25) is 4.79 Å². The molecule has 0 radical (unpaired) electrons. The first-order valence-electron chi connectivity index (χ1n) is 6.48. The number of amides is 1. The van der Waals surface area contributed by atoms with E-state index in [-0.39, 0.29) is 18.1 Å². The summed E-state index contributed by atoms with van der Waals surface area (Å²) in [6, 6.07) is 9.69. The number of carbonyl (C=O) groups excluding carboxylic acids is 1. The molecule has 2 unspecified atom stereocenters. The lowest BCUT2D eigenvalue weighted by Gasteiger charge is -2.24. The van der Waals surface area contributed by atoms with Crippen LogP contribution in [0.5, 0.6) is 0 Å². The monoisotopic (exact) mass is 248 g/mol. The molecule has 1 aliphatic heterocycles. The highest BCUT2D eigenvalue weighted by Gasteiger charge is 2.32. The normalized spacial score (nSPS) is 23.0. The topological polar surface area (TPSA) is 55.6 Å². The van der Waals surface area contributed by atoms with Crippen molar-refractivity contribution in [2.24, 2.45) is 5.73 Å². The van der Waals surface area contributed by atoms with Crippen molar-refractivity contribution in [3.05, 3.63) is 30.3 Å². The van der Waals surface area contributed by atoms with E-state index in [9.17, 15) is 4.79 Å². The summed E-state index contributed by atoms with van der Waals surface area (Å²) in [5.41, 5.74) is 6.49. The third-order valence-corrected chi connectivity index (χ3v) is 3.30. The number of hydrogen-bond acceptors (Lipinski definition) is 3. The Kier molecular flexibility index (Phi) is 4.33. The number of nitrogens with two attached hydrogens (primary N) is 1. The first kappa shape index (κ1) is 13.1. The minimum atomic E-state index is -0.335. The Morgan fingerprint density at radius 3 is 2.67 bits per heavy atom. The molecule has 1 saturated heterocycles. The van der Waals surface area contributed by atoms with Gasteiger partial charge in [0.2, 0.25) is 0 Å². The summed E-state index contributed by atoms with van der Waals surface area (Å²) >= 11 is 0. The average Bonchev–Trinajstić information content (AvgIpc) is 2.89. The molecule has 1 amide bonds. The molecule has 2 N–H and O–H groups in total. The Morgan fingerprint density at radius 2 is 2.11 bits per heavy atom. The highest BCUT2D eigenvalue weighted by molar-refractivity contribution is 5.96. The number of para-hydroxylation sites is 1. The Hall–Kier alpha value is -1.39. The predicted octanol–water partition coefficient (Wildman–Crippen LogP) is 1.55. The molecule has 98 valence electrons. The minimum Gasteiger partial charge on any atom is -0.364 e. The number of hydrogen-bond donors (Lipinski definition) is 1. The van der Waals surface area contributed by atoms with E-state index < -0.39 is 0 Å². The molecule has 1 aromatic carbocycles. The number of rotatable bonds is 4. The van der Waals surface area contributed by atoms with Gasteiger partial charge in [-0.2, -0.15) is 0 Å². The quantitative estimate of drug-likeness (QED) is 0.879. The van der Waals surface area contributed by atoms with Crippen molar-refractivity contribution < 1.29 is 9.53 Å². The van der Waals surface area contributed by atoms with E-state index in [2.05, 4.69) is 0 Å². The maximum absolute atomic E-state index is 12.4. The van der Waals surface area contributed by atoms with Crippen molar-refractivity contribution in [1.29, 1.82) is 0 Å². The summed E-state index contributed by atoms with van der Waals surface area (Å²) in [5.74, 6) is 0.0413. The number of anilines is 1. The van der Waals surface area contributed by atoms with E-state index in [0.717, 1.165) is 18.5 Å². The van der Waals surface area contributed by atoms with Crippen LogP contribution < -0.4 is 10.6 Å². The third-order valence-electron chi connectivity index (χ3n) is 3.30. The fraction of sp³-hybridized carbons (Fsp3) is 0.500. The number of carbonyl (C=O) groups is 1. The molecule has 2 rings (SSSR count). The summed E-state index contributed by atoms with van der Waals surface area (Å²) in [4.78, 5) is 14.2. The van der Waals surface area contributed by atoms with Gasteiger partial charge in [0.05, 0.1) is 6.10 Å². The van der Waals surface area contributed by atoms with Crippen LogP contribution in [0.25, 0.3) is 0 Å². The Bertz CT molecular complexity index is 394. The lowest BCUT2D eigenvalue weighted by atomic mass is 10.1. The Labute approximate surface area is 108 Å². The second-order valence-corrected chi connectivity index (χ2v) is 4.48. The lowest BCUT2D eigenvalue weighted by Crippen LogP contribution is -2.39. The molecule has 0 saturated carbocycles. The van der Waals surface area contributed by atoms with Crippen LogP contribution in [-0.4, -0.2) is 31.2 Å². The van der Waals surface area contributed by atoms with Crippen LogP contribution in [0, 0.1) is 0 Å². The molecule has 0 bridgehead atoms. The Balaban J connectivity index is 2.07. The summed E-state index contributed by atoms with van der Waals surface area (Å²) in [6.07, 6.45) is 1.34. The zero-order valence-electron chi connectivity index (χ0n) is 10.7. The maximum Gasteiger partial charge on any atom is 0.256 e. The zero-order valence-corrected chi connectivity index (χ0v) is 10.7. The van der Waals surface area contributed by atoms with Crippen LogP contribution >= 0.6 is 0 Å². The van der Waals surface area contributed by atoms with Gasteiger partial charge in [0.25, 0.3) is 5.91 Å². The fourth-order valence-electron chi connectivity index (χ4n) is 2.31. The van der Waals surface area contributed by atoms with Gasteiger partial charge in [-0.1, -0.05) is 18.2 Å². The summed E-state index contributed by atoms with van der Waals surface area (Å²) < 4.78 is 5.66. The van der Waals surface area contributed by atoms with Gasteiger partial charge in [0, 0.05) is 18.8 Å². The molecule has 0 aliphatic carbocycles. The van der Waals surface area contributed by atoms with E-state index in [1.165, 1.54) is 0 Å². The minimum absolute atomic E-state index is 0.0356. The molecular weight excluding hydrogens is 228 g/mol. The smallest absolute Gasteiger partial charge is 0.256 e. The molecule has 2 atom stereocenters. The maximum atomic E-state index is 12.4. The van der Waals surface area contributed by atoms with Crippen molar-refractivity contribution >= 4 is 11.6 Å². The van der Waals surface area contributed by atoms with Crippen LogP contribution in [0.1, 0.15) is 19.8 Å². The second kappa shape index (κ2) is 5.98. The van der Waals surface area contributed by atoms with E-state index in [4.69, 9.17) is 10.5 Å². The Morgan fingerprint density at radius 1 is 1.39 bits per heavy atom. The summed E-state index contributed by atoms with van der Waals surface area (Å²) in [5, 5.41) is 0. The van der Waals surface area contributed by atoms with Crippen molar-refractivity contribution in [3.63, 3.8) is 0 Å². The average molecular weight is 248 g/mol. The lowest BCUT2D eigenvalue weighted by molar-refractivity contribution is -0.129. The second-order valence-electron chi connectivity index (χ2n) is 4.48. The predicted molar refractivity (Wildman–Crippen MR) is 71.4 cm³/mol. The van der Waals surface area contributed by atoms with Gasteiger partial charge in [-0.05, 0) is 31.9 Å². The number of ether oxygens (including phenoxy) is 1. The molecule has 4 heteroatoms. The van der Waals surface area contributed by atoms with E-state index in [0.29, 0.717) is 13.1 Å². The van der Waals surface area contributed by atoms with Crippen LogP contribution in [-0.2, 0) is 9.53 Å². The summed E-state index contributed by atoms with van der Waals surface area (Å²) in [6.45, 7) is 3.11. The first-order chi connectivity index (χ1) is 8.76. The third kappa shape index (κ3) is 2.71. The number of nitrogens with zero attached hydrogens (tertiary/aromatic N) is 1. The van der Waals surface area contributed by atoms with Crippen LogP contribution in [0.15, 0.2) is 30.3 Å². The van der Waals surface area contributed by atoms with Crippen molar-refractivity contribution in [2.45, 2.75) is 32.0 Å². The van der Waals surface area contributed by atoms with Crippen LogP contribution in [0.4, 0.5) is 5.69 Å². The zero-order chi connectivity index (χ0) is 13.0. The fourth-order valence-corrected chi connectivity index (χ4v) is 2.31. The van der Waals surface area contributed by atoms with Gasteiger partial charge in [0.15, 0.2) is 0 Å². The largest absolute Gasteiger partial charge is 0.364 e. The van der Waals surface area contributed by atoms with Gasteiger partial charge in [-0.15, -0.1) is 0 Å². The van der Waals surface area contributed by atoms with Gasteiger partial charge >= 0.3 is 0 Å². The molecule has 1 aliphatic rings. The van der Waals surface area contributed by atoms with Gasteiger partial charge in [-0.25, -0.2) is 0 Å². The number of likely N-dealkylation sites (N-methyl/N-ethyl adjacent to an activating group) is 1. The van der Waals surface area contributed by atoms with E-state index >= 15 is 0 Å². The SMILES string of the molecule is CCN(C(=O)C1CCC(CN)O1)c1ccccc1. The molecule has 1 fully saturated rings. The van der Waals surface area contributed by atoms with Crippen LogP contribution in [0.3, 0.4) is 0 Å². The summed E-state index contributed by atoms with van der Waals surface area (Å²) in [7, 11) is 0. The molecule has 18 heavy (non-hydrogen) atoms. The van der Waals surface area contributed by atoms with Gasteiger partial charge < -0.3 is 15.4 Å². The van der Waals surface area contributed by atoms with Crippen molar-refractivity contribution in [1.82, 2.24) is 0 Å². The molecular formula is C14H20N2O2. The number of benzene rings is 1. The first-order valence-corrected chi connectivity index (χ1v) is 6.48. The molecule has 0 spiro atoms. The van der Waals surface area contributed by atoms with Crippen LogP contribution in [0.2, 0.25) is 0 Å².